The zero-order valence-electron chi connectivity index (χ0n) is 10.3. The van der Waals surface area contributed by atoms with Crippen LogP contribution in [0.3, 0.4) is 0 Å². The lowest BCUT2D eigenvalue weighted by atomic mass is 10.0. The fourth-order valence-corrected chi connectivity index (χ4v) is 1.89. The molecule has 1 aromatic carbocycles. The highest BCUT2D eigenvalue weighted by molar-refractivity contribution is 9.10. The summed E-state index contributed by atoms with van der Waals surface area (Å²) in [6.07, 6.45) is 0.299. The monoisotopic (exact) mass is 311 g/mol. The molecule has 0 spiro atoms. The van der Waals surface area contributed by atoms with Crippen LogP contribution in [-0.2, 0) is 16.0 Å². The maximum absolute atomic E-state index is 11.6. The maximum atomic E-state index is 11.6. The molecule has 96 valence electrons. The molecule has 0 heterocycles. The largest absolute Gasteiger partial charge is 0.497 e. The Morgan fingerprint density at radius 2 is 2.28 bits per heavy atom. The van der Waals surface area contributed by atoms with Crippen LogP contribution in [0.15, 0.2) is 22.7 Å². The van der Waals surface area contributed by atoms with Crippen LogP contribution in [0.4, 0.5) is 0 Å². The summed E-state index contributed by atoms with van der Waals surface area (Å²) in [5.74, 6) is -0.600. The average molecular weight is 312 g/mol. The van der Waals surface area contributed by atoms with Crippen molar-refractivity contribution in [3.63, 3.8) is 0 Å². The molecule has 0 aliphatic carbocycles. The van der Waals surface area contributed by atoms with Crippen LogP contribution < -0.4 is 4.74 Å². The van der Waals surface area contributed by atoms with Crippen LogP contribution in [0.2, 0.25) is 0 Å². The van der Waals surface area contributed by atoms with Crippen LogP contribution in [-0.4, -0.2) is 19.7 Å². The second-order valence-corrected chi connectivity index (χ2v) is 4.45. The number of nitrogens with zero attached hydrogens (tertiary/aromatic N) is 1. The number of carbonyl (C=O) groups excluding carboxylic acids is 1. The molecule has 0 aliphatic heterocycles. The van der Waals surface area contributed by atoms with E-state index >= 15 is 0 Å². The Bertz CT molecular complexity index is 468. The highest BCUT2D eigenvalue weighted by Crippen LogP contribution is 2.25. The van der Waals surface area contributed by atoms with Crippen LogP contribution in [0.25, 0.3) is 0 Å². The average Bonchev–Trinajstić information content (AvgIpc) is 2.38. The predicted octanol–water partition coefficient (Wildman–Crippen LogP) is 2.70. The highest BCUT2D eigenvalue weighted by Gasteiger charge is 2.21. The second-order valence-electron chi connectivity index (χ2n) is 3.60. The van der Waals surface area contributed by atoms with E-state index in [9.17, 15) is 4.79 Å². The van der Waals surface area contributed by atoms with Crippen molar-refractivity contribution in [2.75, 3.05) is 13.7 Å². The van der Waals surface area contributed by atoms with Gasteiger partial charge in [-0.15, -0.1) is 0 Å². The fraction of sp³-hybridized carbons (Fsp3) is 0.385. The number of carbonyl (C=O) groups is 1. The Kier molecular flexibility index (Phi) is 5.66. The van der Waals surface area contributed by atoms with E-state index < -0.39 is 11.9 Å². The first-order chi connectivity index (χ1) is 8.62. The molecule has 1 rings (SSSR count). The number of hydrogen-bond acceptors (Lipinski definition) is 4. The molecule has 0 fully saturated rings. The van der Waals surface area contributed by atoms with Gasteiger partial charge in [-0.3, -0.25) is 4.79 Å². The third kappa shape index (κ3) is 3.74. The van der Waals surface area contributed by atoms with Gasteiger partial charge < -0.3 is 9.47 Å². The molecule has 4 nitrogen and oxygen atoms in total. The Morgan fingerprint density at radius 1 is 1.56 bits per heavy atom. The molecule has 1 atom stereocenters. The zero-order chi connectivity index (χ0) is 13.5. The minimum absolute atomic E-state index is 0.274. The van der Waals surface area contributed by atoms with Gasteiger partial charge >= 0.3 is 5.97 Å². The molecule has 1 unspecified atom stereocenters. The Balaban J connectivity index is 2.88. The van der Waals surface area contributed by atoms with Crippen LogP contribution in [0, 0.1) is 17.2 Å². The number of ether oxygens (including phenoxy) is 2. The van der Waals surface area contributed by atoms with Gasteiger partial charge in [0.2, 0.25) is 0 Å². The van der Waals surface area contributed by atoms with Crippen molar-refractivity contribution >= 4 is 21.9 Å². The number of hydrogen-bond donors (Lipinski definition) is 0. The lowest BCUT2D eigenvalue weighted by Gasteiger charge is -2.11. The van der Waals surface area contributed by atoms with Gasteiger partial charge in [0.25, 0.3) is 0 Å². The van der Waals surface area contributed by atoms with Crippen molar-refractivity contribution in [2.45, 2.75) is 13.3 Å². The van der Waals surface area contributed by atoms with Gasteiger partial charge in [-0.2, -0.15) is 5.26 Å². The van der Waals surface area contributed by atoms with Crippen molar-refractivity contribution in [1.29, 1.82) is 5.26 Å². The third-order valence-electron chi connectivity index (χ3n) is 2.40. The number of rotatable bonds is 5. The summed E-state index contributed by atoms with van der Waals surface area (Å²) in [7, 11) is 1.57. The summed E-state index contributed by atoms with van der Waals surface area (Å²) < 4.78 is 10.8. The molecule has 0 saturated heterocycles. The lowest BCUT2D eigenvalue weighted by molar-refractivity contribution is -0.145. The maximum Gasteiger partial charge on any atom is 0.323 e. The van der Waals surface area contributed by atoms with E-state index in [1.165, 1.54) is 0 Å². The number of nitriles is 1. The summed E-state index contributed by atoms with van der Waals surface area (Å²) in [6, 6.07) is 7.39. The van der Waals surface area contributed by atoms with E-state index in [0.717, 1.165) is 10.0 Å². The predicted molar refractivity (Wildman–Crippen MR) is 70.1 cm³/mol. The zero-order valence-corrected chi connectivity index (χ0v) is 11.9. The topological polar surface area (TPSA) is 59.3 Å². The minimum atomic E-state index is -0.798. The summed E-state index contributed by atoms with van der Waals surface area (Å²) in [4.78, 5) is 11.6. The van der Waals surface area contributed by atoms with Gasteiger partial charge in [-0.05, 0) is 30.7 Å². The molecule has 1 aromatic rings. The van der Waals surface area contributed by atoms with Crippen molar-refractivity contribution in [3.05, 3.63) is 28.2 Å². The van der Waals surface area contributed by atoms with Gasteiger partial charge in [0.15, 0.2) is 0 Å². The van der Waals surface area contributed by atoms with Crippen LogP contribution in [0.5, 0.6) is 5.75 Å². The Hall–Kier alpha value is -1.54. The van der Waals surface area contributed by atoms with E-state index in [1.54, 1.807) is 26.2 Å². The molecule has 0 N–H and O–H groups in total. The molecule has 0 bridgehead atoms. The third-order valence-corrected chi connectivity index (χ3v) is 3.18. The molecule has 5 heteroatoms. The highest BCUT2D eigenvalue weighted by atomic mass is 79.9. The molecule has 0 aromatic heterocycles. The van der Waals surface area contributed by atoms with Gasteiger partial charge in [-0.1, -0.05) is 15.9 Å². The van der Waals surface area contributed by atoms with Gasteiger partial charge in [0.05, 0.1) is 19.8 Å². The number of esters is 1. The van der Waals surface area contributed by atoms with Crippen molar-refractivity contribution in [1.82, 2.24) is 0 Å². The molecular formula is C13H14BrNO3. The molecule has 0 aliphatic rings. The summed E-state index contributed by atoms with van der Waals surface area (Å²) in [6.45, 7) is 1.99. The first-order valence-corrected chi connectivity index (χ1v) is 6.30. The van der Waals surface area contributed by atoms with E-state index in [4.69, 9.17) is 14.7 Å². The number of benzene rings is 1. The number of methoxy groups -OCH3 is 1. The van der Waals surface area contributed by atoms with Crippen molar-refractivity contribution in [2.24, 2.45) is 5.92 Å². The van der Waals surface area contributed by atoms with E-state index in [1.807, 2.05) is 12.1 Å². The van der Waals surface area contributed by atoms with E-state index in [2.05, 4.69) is 15.9 Å². The molecule has 0 saturated carbocycles. The first-order valence-electron chi connectivity index (χ1n) is 5.51. The summed E-state index contributed by atoms with van der Waals surface area (Å²) >= 11 is 3.39. The smallest absolute Gasteiger partial charge is 0.323 e. The van der Waals surface area contributed by atoms with E-state index in [-0.39, 0.29) is 6.61 Å². The quantitative estimate of drug-likeness (QED) is 0.784. The lowest BCUT2D eigenvalue weighted by Crippen LogP contribution is -2.18. The van der Waals surface area contributed by atoms with Crippen molar-refractivity contribution < 1.29 is 14.3 Å². The number of halogens is 1. The van der Waals surface area contributed by atoms with Gasteiger partial charge in [0, 0.05) is 10.9 Å². The summed E-state index contributed by atoms with van der Waals surface area (Å²) in [5.41, 5.74) is 0.842. The first kappa shape index (κ1) is 14.5. The normalized spacial score (nSPS) is 11.4. The molecule has 18 heavy (non-hydrogen) atoms. The molecular weight excluding hydrogens is 298 g/mol. The van der Waals surface area contributed by atoms with E-state index in [0.29, 0.717) is 12.2 Å². The summed E-state index contributed by atoms with van der Waals surface area (Å²) in [5, 5.41) is 9.00. The van der Waals surface area contributed by atoms with Crippen LogP contribution >= 0.6 is 15.9 Å². The molecule has 0 amide bonds. The fourth-order valence-electron chi connectivity index (χ4n) is 1.48. The Labute approximate surface area is 115 Å². The van der Waals surface area contributed by atoms with Crippen molar-refractivity contribution in [3.8, 4) is 11.8 Å². The van der Waals surface area contributed by atoms with Gasteiger partial charge in [-0.25, -0.2) is 0 Å². The van der Waals surface area contributed by atoms with Crippen LogP contribution in [0.1, 0.15) is 12.5 Å². The van der Waals surface area contributed by atoms with Gasteiger partial charge in [0.1, 0.15) is 11.7 Å². The minimum Gasteiger partial charge on any atom is -0.497 e. The standard InChI is InChI=1S/C13H14BrNO3/c1-3-18-13(16)10(8-15)6-9-7-11(17-2)4-5-12(9)14/h4-5,7,10H,3,6H2,1-2H3. The SMILES string of the molecule is CCOC(=O)C(C#N)Cc1cc(OC)ccc1Br. The Morgan fingerprint density at radius 3 is 2.83 bits per heavy atom. The molecule has 0 radical (unpaired) electrons. The second kappa shape index (κ2) is 7.02.